The molecule has 0 aliphatic carbocycles. The summed E-state index contributed by atoms with van der Waals surface area (Å²) in [6.07, 6.45) is 4.61. The SMILES string of the molecule is C=CCn1c(C)nnc1SC(CCCC)C(=O)OC. The number of ether oxygens (including phenoxy) is 1. The van der Waals surface area contributed by atoms with E-state index in [4.69, 9.17) is 4.74 Å². The van der Waals surface area contributed by atoms with Gasteiger partial charge in [0.2, 0.25) is 0 Å². The molecule has 1 unspecified atom stereocenters. The highest BCUT2D eigenvalue weighted by Gasteiger charge is 2.23. The van der Waals surface area contributed by atoms with Gasteiger partial charge in [-0.05, 0) is 13.3 Å². The lowest BCUT2D eigenvalue weighted by molar-refractivity contribution is -0.140. The summed E-state index contributed by atoms with van der Waals surface area (Å²) in [6.45, 7) is 8.35. The van der Waals surface area contributed by atoms with E-state index in [2.05, 4.69) is 23.7 Å². The summed E-state index contributed by atoms with van der Waals surface area (Å²) in [6, 6.07) is 0. The van der Waals surface area contributed by atoms with E-state index in [0.717, 1.165) is 30.2 Å². The Morgan fingerprint density at radius 1 is 1.58 bits per heavy atom. The number of hydrogen-bond acceptors (Lipinski definition) is 5. The Morgan fingerprint density at radius 2 is 2.32 bits per heavy atom. The fourth-order valence-electron chi connectivity index (χ4n) is 1.66. The van der Waals surface area contributed by atoms with Gasteiger partial charge in [-0.15, -0.1) is 16.8 Å². The van der Waals surface area contributed by atoms with Crippen molar-refractivity contribution in [1.82, 2.24) is 14.8 Å². The highest BCUT2D eigenvalue weighted by molar-refractivity contribution is 8.00. The standard InChI is InChI=1S/C13H21N3O2S/c1-5-7-8-11(12(17)18-4)19-13-15-14-10(3)16(13)9-6-2/h6,11H,2,5,7-9H2,1,3-4H3. The summed E-state index contributed by atoms with van der Waals surface area (Å²) in [5.41, 5.74) is 0. The van der Waals surface area contributed by atoms with Crippen LogP contribution in [0.4, 0.5) is 0 Å². The second-order valence-electron chi connectivity index (χ2n) is 4.20. The minimum Gasteiger partial charge on any atom is -0.468 e. The fourth-order valence-corrected chi connectivity index (χ4v) is 2.81. The van der Waals surface area contributed by atoms with Crippen molar-refractivity contribution in [2.45, 2.75) is 50.1 Å². The zero-order valence-corrected chi connectivity index (χ0v) is 12.6. The summed E-state index contributed by atoms with van der Waals surface area (Å²) < 4.78 is 6.79. The number of nitrogens with zero attached hydrogens (tertiary/aromatic N) is 3. The van der Waals surface area contributed by atoms with Crippen LogP contribution in [0.25, 0.3) is 0 Å². The van der Waals surface area contributed by atoms with Gasteiger partial charge >= 0.3 is 5.97 Å². The highest BCUT2D eigenvalue weighted by atomic mass is 32.2. The number of methoxy groups -OCH3 is 1. The van der Waals surface area contributed by atoms with Crippen molar-refractivity contribution in [3.05, 3.63) is 18.5 Å². The molecule has 1 heterocycles. The first kappa shape index (κ1) is 15.8. The van der Waals surface area contributed by atoms with Crippen molar-refractivity contribution in [2.75, 3.05) is 7.11 Å². The van der Waals surface area contributed by atoms with E-state index in [1.807, 2.05) is 11.5 Å². The summed E-state index contributed by atoms with van der Waals surface area (Å²) in [5, 5.41) is 8.68. The molecular weight excluding hydrogens is 262 g/mol. The Kier molecular flexibility index (Phi) is 6.62. The topological polar surface area (TPSA) is 57.0 Å². The summed E-state index contributed by atoms with van der Waals surface area (Å²) in [4.78, 5) is 11.8. The van der Waals surface area contributed by atoms with Gasteiger partial charge in [0.05, 0.1) is 7.11 Å². The Morgan fingerprint density at radius 3 is 2.89 bits per heavy atom. The van der Waals surface area contributed by atoms with Gasteiger partial charge in [-0.1, -0.05) is 37.6 Å². The van der Waals surface area contributed by atoms with E-state index in [0.29, 0.717) is 6.54 Å². The molecule has 5 nitrogen and oxygen atoms in total. The number of allylic oxidation sites excluding steroid dienone is 1. The van der Waals surface area contributed by atoms with Gasteiger partial charge in [0.1, 0.15) is 11.1 Å². The van der Waals surface area contributed by atoms with Crippen LogP contribution >= 0.6 is 11.8 Å². The van der Waals surface area contributed by atoms with Crippen LogP contribution in [0.15, 0.2) is 17.8 Å². The lowest BCUT2D eigenvalue weighted by Crippen LogP contribution is -2.19. The molecule has 1 aromatic rings. The molecule has 19 heavy (non-hydrogen) atoms. The molecule has 0 radical (unpaired) electrons. The average Bonchev–Trinajstić information content (AvgIpc) is 2.75. The molecule has 0 aliphatic heterocycles. The second-order valence-corrected chi connectivity index (χ2v) is 5.37. The van der Waals surface area contributed by atoms with Gasteiger partial charge in [0, 0.05) is 6.54 Å². The second kappa shape index (κ2) is 7.99. The third-order valence-corrected chi connectivity index (χ3v) is 3.97. The van der Waals surface area contributed by atoms with Crippen LogP contribution in [0, 0.1) is 6.92 Å². The smallest absolute Gasteiger partial charge is 0.319 e. The molecule has 0 aromatic carbocycles. The predicted molar refractivity (Wildman–Crippen MR) is 76.1 cm³/mol. The molecule has 106 valence electrons. The van der Waals surface area contributed by atoms with Crippen molar-refractivity contribution in [3.8, 4) is 0 Å². The van der Waals surface area contributed by atoms with Crippen molar-refractivity contribution < 1.29 is 9.53 Å². The van der Waals surface area contributed by atoms with Crippen LogP contribution < -0.4 is 0 Å². The zero-order valence-electron chi connectivity index (χ0n) is 11.8. The number of aromatic nitrogens is 3. The van der Waals surface area contributed by atoms with E-state index >= 15 is 0 Å². The van der Waals surface area contributed by atoms with Crippen LogP contribution in [0.2, 0.25) is 0 Å². The van der Waals surface area contributed by atoms with Gasteiger partial charge in [0.15, 0.2) is 5.16 Å². The lowest BCUT2D eigenvalue weighted by Gasteiger charge is -2.13. The largest absolute Gasteiger partial charge is 0.468 e. The zero-order chi connectivity index (χ0) is 14.3. The number of unbranched alkanes of at least 4 members (excludes halogenated alkanes) is 1. The number of carbonyl (C=O) groups excluding carboxylic acids is 1. The molecule has 0 saturated heterocycles. The lowest BCUT2D eigenvalue weighted by atomic mass is 10.2. The van der Waals surface area contributed by atoms with E-state index < -0.39 is 0 Å². The third kappa shape index (κ3) is 4.38. The Labute approximate surface area is 118 Å². The minimum atomic E-state index is -0.225. The van der Waals surface area contributed by atoms with Crippen molar-refractivity contribution in [3.63, 3.8) is 0 Å². The van der Waals surface area contributed by atoms with Crippen molar-refractivity contribution in [2.24, 2.45) is 0 Å². The molecule has 0 aliphatic rings. The quantitative estimate of drug-likeness (QED) is 0.417. The summed E-state index contributed by atoms with van der Waals surface area (Å²) >= 11 is 1.42. The Hall–Kier alpha value is -1.30. The molecule has 0 N–H and O–H groups in total. The number of carbonyl (C=O) groups is 1. The average molecular weight is 283 g/mol. The summed E-state index contributed by atoms with van der Waals surface area (Å²) in [7, 11) is 1.42. The van der Waals surface area contributed by atoms with E-state index in [9.17, 15) is 4.79 Å². The number of aryl methyl sites for hydroxylation is 1. The third-order valence-electron chi connectivity index (χ3n) is 2.75. The molecule has 1 rings (SSSR count). The van der Waals surface area contributed by atoms with Gasteiger partial charge in [0.25, 0.3) is 0 Å². The van der Waals surface area contributed by atoms with E-state index in [-0.39, 0.29) is 11.2 Å². The van der Waals surface area contributed by atoms with Crippen LogP contribution in [0.3, 0.4) is 0 Å². The highest BCUT2D eigenvalue weighted by Crippen LogP contribution is 2.26. The van der Waals surface area contributed by atoms with Crippen LogP contribution in [-0.4, -0.2) is 33.1 Å². The number of hydrogen-bond donors (Lipinski definition) is 0. The first-order chi connectivity index (χ1) is 9.13. The fraction of sp³-hybridized carbons (Fsp3) is 0.615. The van der Waals surface area contributed by atoms with Crippen LogP contribution in [0.5, 0.6) is 0 Å². The number of rotatable bonds is 8. The monoisotopic (exact) mass is 283 g/mol. The molecule has 6 heteroatoms. The maximum Gasteiger partial charge on any atom is 0.319 e. The van der Waals surface area contributed by atoms with Gasteiger partial charge in [-0.2, -0.15) is 0 Å². The van der Waals surface area contributed by atoms with Gasteiger partial charge < -0.3 is 9.30 Å². The maximum absolute atomic E-state index is 11.8. The number of esters is 1. The van der Waals surface area contributed by atoms with Gasteiger partial charge in [-0.3, -0.25) is 4.79 Å². The molecule has 0 saturated carbocycles. The first-order valence-electron chi connectivity index (χ1n) is 6.39. The normalized spacial score (nSPS) is 12.2. The van der Waals surface area contributed by atoms with Gasteiger partial charge in [-0.25, -0.2) is 0 Å². The Bertz CT molecular complexity index is 432. The Balaban J connectivity index is 2.83. The van der Waals surface area contributed by atoms with E-state index in [1.165, 1.54) is 18.9 Å². The van der Waals surface area contributed by atoms with Crippen LogP contribution in [-0.2, 0) is 16.1 Å². The minimum absolute atomic E-state index is 0.204. The predicted octanol–water partition coefficient (Wildman–Crippen LogP) is 2.60. The summed E-state index contributed by atoms with van der Waals surface area (Å²) in [5.74, 6) is 0.616. The van der Waals surface area contributed by atoms with Crippen LogP contribution in [0.1, 0.15) is 32.0 Å². The first-order valence-corrected chi connectivity index (χ1v) is 7.27. The molecule has 0 fully saturated rings. The molecule has 0 spiro atoms. The maximum atomic E-state index is 11.8. The molecule has 1 aromatic heterocycles. The van der Waals surface area contributed by atoms with Crippen molar-refractivity contribution in [1.29, 1.82) is 0 Å². The molecule has 1 atom stereocenters. The van der Waals surface area contributed by atoms with E-state index in [1.54, 1.807) is 6.08 Å². The molecular formula is C13H21N3O2S. The number of thioether (sulfide) groups is 1. The van der Waals surface area contributed by atoms with Crippen molar-refractivity contribution >= 4 is 17.7 Å². The molecule has 0 amide bonds. The molecule has 0 bridgehead atoms.